The van der Waals surface area contributed by atoms with Crippen molar-refractivity contribution in [2.75, 3.05) is 13.7 Å². The highest BCUT2D eigenvalue weighted by atomic mass is 16.6. The highest BCUT2D eigenvalue weighted by Crippen LogP contribution is 2.04. The molecule has 0 saturated carbocycles. The molecule has 0 spiro atoms. The molecule has 17 heavy (non-hydrogen) atoms. The van der Waals surface area contributed by atoms with E-state index in [0.29, 0.717) is 0 Å². The lowest BCUT2D eigenvalue weighted by atomic mass is 10.0. The molecule has 7 heteroatoms. The van der Waals surface area contributed by atoms with Gasteiger partial charge < -0.3 is 20.7 Å². The van der Waals surface area contributed by atoms with E-state index >= 15 is 0 Å². The number of carbonyl (C=O) groups excluding carboxylic acids is 3. The summed E-state index contributed by atoms with van der Waals surface area (Å²) in [6.45, 7) is 3.64. The van der Waals surface area contributed by atoms with Crippen molar-refractivity contribution < 1.29 is 19.1 Å². The molecule has 1 saturated heterocycles. The number of amides is 3. The van der Waals surface area contributed by atoms with Gasteiger partial charge in [-0.25, -0.2) is 4.79 Å². The van der Waals surface area contributed by atoms with Crippen LogP contribution in [-0.4, -0.2) is 43.6 Å². The van der Waals surface area contributed by atoms with E-state index in [-0.39, 0.29) is 18.4 Å². The van der Waals surface area contributed by atoms with Crippen LogP contribution in [-0.2, 0) is 14.3 Å². The van der Waals surface area contributed by atoms with E-state index in [2.05, 4.69) is 20.7 Å². The summed E-state index contributed by atoms with van der Waals surface area (Å²) >= 11 is 0. The highest BCUT2D eigenvalue weighted by Gasteiger charge is 2.32. The average molecular weight is 243 g/mol. The van der Waals surface area contributed by atoms with Gasteiger partial charge >= 0.3 is 6.09 Å². The molecule has 1 heterocycles. The molecule has 1 aliphatic rings. The molecule has 0 aliphatic carbocycles. The topological polar surface area (TPSA) is 96.5 Å². The van der Waals surface area contributed by atoms with Gasteiger partial charge in [0.05, 0.1) is 0 Å². The summed E-state index contributed by atoms with van der Waals surface area (Å²) in [6.07, 6.45) is -0.619. The van der Waals surface area contributed by atoms with Gasteiger partial charge in [0.15, 0.2) is 0 Å². The number of nitrogens with one attached hydrogen (secondary N) is 3. The lowest BCUT2D eigenvalue weighted by Gasteiger charge is -2.21. The van der Waals surface area contributed by atoms with Crippen molar-refractivity contribution in [2.24, 2.45) is 5.92 Å². The summed E-state index contributed by atoms with van der Waals surface area (Å²) in [4.78, 5) is 34.0. The fourth-order valence-electron chi connectivity index (χ4n) is 1.47. The van der Waals surface area contributed by atoms with E-state index in [1.54, 1.807) is 0 Å². The maximum absolute atomic E-state index is 11.7. The average Bonchev–Trinajstić information content (AvgIpc) is 2.71. The van der Waals surface area contributed by atoms with Crippen LogP contribution in [0.1, 0.15) is 13.8 Å². The Kier molecular flexibility index (Phi) is 4.30. The Hall–Kier alpha value is -1.79. The summed E-state index contributed by atoms with van der Waals surface area (Å²) in [7, 11) is 1.50. The normalized spacial score (nSPS) is 20.5. The van der Waals surface area contributed by atoms with Crippen LogP contribution in [0.15, 0.2) is 0 Å². The maximum atomic E-state index is 11.7. The van der Waals surface area contributed by atoms with Gasteiger partial charge in [0.25, 0.3) is 0 Å². The van der Waals surface area contributed by atoms with E-state index in [4.69, 9.17) is 0 Å². The summed E-state index contributed by atoms with van der Waals surface area (Å²) in [5.41, 5.74) is 0. The minimum absolute atomic E-state index is 0.0107. The predicted octanol–water partition coefficient (Wildman–Crippen LogP) is -1.02. The van der Waals surface area contributed by atoms with E-state index < -0.39 is 24.1 Å². The third-order valence-electron chi connectivity index (χ3n) is 2.48. The van der Waals surface area contributed by atoms with Crippen LogP contribution in [0.25, 0.3) is 0 Å². The molecule has 1 aliphatic heterocycles. The number of hydrogen-bond acceptors (Lipinski definition) is 4. The van der Waals surface area contributed by atoms with Crippen molar-refractivity contribution in [2.45, 2.75) is 25.9 Å². The number of cyclic esters (lactones) is 1. The molecule has 96 valence electrons. The van der Waals surface area contributed by atoms with Crippen molar-refractivity contribution in [3.05, 3.63) is 0 Å². The quantitative estimate of drug-likeness (QED) is 0.589. The van der Waals surface area contributed by atoms with Gasteiger partial charge in [0, 0.05) is 7.05 Å². The largest absolute Gasteiger partial charge is 0.447 e. The lowest BCUT2D eigenvalue weighted by molar-refractivity contribution is -0.130. The zero-order valence-electron chi connectivity index (χ0n) is 10.1. The molecule has 0 bridgehead atoms. The molecule has 0 unspecified atom stereocenters. The molecular weight excluding hydrogens is 226 g/mol. The first-order valence-electron chi connectivity index (χ1n) is 5.41. The van der Waals surface area contributed by atoms with Crippen LogP contribution in [0.2, 0.25) is 0 Å². The SMILES string of the molecule is CNC(=O)[C@@H](NC(=O)[C@@H]1COC(=O)N1)C(C)C. The first-order valence-corrected chi connectivity index (χ1v) is 5.41. The minimum Gasteiger partial charge on any atom is -0.447 e. The second-order valence-electron chi connectivity index (χ2n) is 4.14. The van der Waals surface area contributed by atoms with Crippen LogP contribution in [0, 0.1) is 5.92 Å². The zero-order chi connectivity index (χ0) is 13.0. The lowest BCUT2D eigenvalue weighted by Crippen LogP contribution is -2.53. The van der Waals surface area contributed by atoms with E-state index in [1.165, 1.54) is 7.05 Å². The molecule has 0 radical (unpaired) electrons. The van der Waals surface area contributed by atoms with Crippen molar-refractivity contribution in [3.63, 3.8) is 0 Å². The maximum Gasteiger partial charge on any atom is 0.407 e. The molecule has 3 N–H and O–H groups in total. The fourth-order valence-corrected chi connectivity index (χ4v) is 1.47. The molecule has 2 atom stereocenters. The summed E-state index contributed by atoms with van der Waals surface area (Å²) in [5, 5.41) is 7.41. The highest BCUT2D eigenvalue weighted by molar-refractivity contribution is 5.92. The Balaban J connectivity index is 2.58. The summed E-state index contributed by atoms with van der Waals surface area (Å²) in [6, 6.07) is -1.35. The van der Waals surface area contributed by atoms with Crippen molar-refractivity contribution >= 4 is 17.9 Å². The zero-order valence-corrected chi connectivity index (χ0v) is 10.1. The van der Waals surface area contributed by atoms with Gasteiger partial charge in [-0.3, -0.25) is 9.59 Å². The van der Waals surface area contributed by atoms with Crippen molar-refractivity contribution in [3.8, 4) is 0 Å². The van der Waals surface area contributed by atoms with Crippen LogP contribution in [0.4, 0.5) is 4.79 Å². The Labute approximate surface area is 99.3 Å². The van der Waals surface area contributed by atoms with E-state index in [9.17, 15) is 14.4 Å². The Morgan fingerprint density at radius 3 is 2.53 bits per heavy atom. The van der Waals surface area contributed by atoms with Gasteiger partial charge in [-0.1, -0.05) is 13.8 Å². The van der Waals surface area contributed by atoms with Crippen LogP contribution >= 0.6 is 0 Å². The van der Waals surface area contributed by atoms with Gasteiger partial charge in [0.1, 0.15) is 18.7 Å². The molecule has 3 amide bonds. The van der Waals surface area contributed by atoms with Crippen molar-refractivity contribution in [1.29, 1.82) is 0 Å². The van der Waals surface area contributed by atoms with Gasteiger partial charge in [0.2, 0.25) is 11.8 Å². The number of carbonyl (C=O) groups is 3. The molecule has 1 fully saturated rings. The number of rotatable bonds is 4. The molecule has 0 aromatic carbocycles. The molecular formula is C10H17N3O4. The third kappa shape index (κ3) is 3.33. The van der Waals surface area contributed by atoms with E-state index in [1.807, 2.05) is 13.8 Å². The van der Waals surface area contributed by atoms with Crippen LogP contribution < -0.4 is 16.0 Å². The fraction of sp³-hybridized carbons (Fsp3) is 0.700. The standard InChI is InChI=1S/C10H17N3O4/c1-5(2)7(9(15)11-3)13-8(14)6-4-17-10(16)12-6/h5-7H,4H2,1-3H3,(H,11,15)(H,12,16)(H,13,14)/t6-,7-/m0/s1. The molecule has 1 rings (SSSR count). The molecule has 0 aromatic heterocycles. The van der Waals surface area contributed by atoms with Gasteiger partial charge in [-0.2, -0.15) is 0 Å². The monoisotopic (exact) mass is 243 g/mol. The third-order valence-corrected chi connectivity index (χ3v) is 2.48. The van der Waals surface area contributed by atoms with Crippen molar-refractivity contribution in [1.82, 2.24) is 16.0 Å². The second-order valence-corrected chi connectivity index (χ2v) is 4.14. The Morgan fingerprint density at radius 1 is 1.47 bits per heavy atom. The van der Waals surface area contributed by atoms with Gasteiger partial charge in [-0.05, 0) is 5.92 Å². The first-order chi connectivity index (χ1) is 7.95. The van der Waals surface area contributed by atoms with Crippen LogP contribution in [0.3, 0.4) is 0 Å². The molecule has 0 aromatic rings. The number of hydrogen-bond donors (Lipinski definition) is 3. The number of likely N-dealkylation sites (N-methyl/N-ethyl adjacent to an activating group) is 1. The van der Waals surface area contributed by atoms with Gasteiger partial charge in [-0.15, -0.1) is 0 Å². The number of ether oxygens (including phenoxy) is 1. The Bertz CT molecular complexity index is 330. The second kappa shape index (κ2) is 5.51. The van der Waals surface area contributed by atoms with Crippen LogP contribution in [0.5, 0.6) is 0 Å². The summed E-state index contributed by atoms with van der Waals surface area (Å²) in [5.74, 6) is -0.728. The Morgan fingerprint density at radius 2 is 2.12 bits per heavy atom. The molecule has 7 nitrogen and oxygen atoms in total. The number of alkyl carbamates (subject to hydrolysis) is 1. The van der Waals surface area contributed by atoms with E-state index in [0.717, 1.165) is 0 Å². The summed E-state index contributed by atoms with van der Waals surface area (Å²) < 4.78 is 4.60. The smallest absolute Gasteiger partial charge is 0.407 e. The first kappa shape index (κ1) is 13.3. The minimum atomic E-state index is -0.728. The predicted molar refractivity (Wildman–Crippen MR) is 59.1 cm³/mol.